The molecule has 1 aromatic rings. The van der Waals surface area contributed by atoms with E-state index in [1.807, 2.05) is 24.3 Å². The summed E-state index contributed by atoms with van der Waals surface area (Å²) in [6, 6.07) is 7.91. The van der Waals surface area contributed by atoms with Crippen LogP contribution in [-0.2, 0) is 21.1 Å². The molecule has 0 unspecified atom stereocenters. The van der Waals surface area contributed by atoms with Crippen molar-refractivity contribution < 1.29 is 13.2 Å². The second-order valence-electron chi connectivity index (χ2n) is 4.75. The Kier molecular flexibility index (Phi) is 3.57. The highest BCUT2D eigenvalue weighted by molar-refractivity contribution is 7.92. The predicted octanol–water partition coefficient (Wildman–Crippen LogP) is 1.96. The first-order chi connectivity index (χ1) is 8.55. The van der Waals surface area contributed by atoms with E-state index in [2.05, 4.69) is 6.92 Å². The van der Waals surface area contributed by atoms with E-state index in [1.54, 1.807) is 6.92 Å². The Hall–Kier alpha value is -1.16. The third-order valence-electron chi connectivity index (χ3n) is 3.75. The average Bonchev–Trinajstić information content (AvgIpc) is 3.14. The van der Waals surface area contributed by atoms with Crippen molar-refractivity contribution in [2.45, 2.75) is 31.4 Å². The molecule has 0 N–H and O–H groups in total. The summed E-state index contributed by atoms with van der Waals surface area (Å²) in [7, 11) is -3.13. The summed E-state index contributed by atoms with van der Waals surface area (Å²) in [5.74, 6) is -0.397. The van der Waals surface area contributed by atoms with Crippen LogP contribution in [0.25, 0.3) is 0 Å². The Labute approximate surface area is 108 Å². The molecule has 1 saturated carbocycles. The number of hydrogen-bond donors (Lipinski definition) is 0. The van der Waals surface area contributed by atoms with Crippen molar-refractivity contribution in [1.29, 1.82) is 0 Å². The monoisotopic (exact) mass is 266 g/mol. The number of aryl methyl sites for hydroxylation is 1. The molecule has 3 atom stereocenters. The van der Waals surface area contributed by atoms with E-state index in [9.17, 15) is 13.2 Å². The Bertz CT molecular complexity index is 531. The van der Waals surface area contributed by atoms with Crippen molar-refractivity contribution in [3.8, 4) is 0 Å². The van der Waals surface area contributed by atoms with Gasteiger partial charge in [-0.2, -0.15) is 0 Å². The van der Waals surface area contributed by atoms with Gasteiger partial charge in [-0.15, -0.1) is 0 Å². The van der Waals surface area contributed by atoms with Crippen molar-refractivity contribution >= 4 is 16.1 Å². The molecule has 0 aromatic heterocycles. The molecule has 3 nitrogen and oxygen atoms in total. The highest BCUT2D eigenvalue weighted by atomic mass is 32.2. The second-order valence-corrected chi connectivity index (χ2v) is 7.20. The fraction of sp³-hybridized carbons (Fsp3) is 0.500. The van der Waals surface area contributed by atoms with Gasteiger partial charge in [-0.3, -0.25) is 0 Å². The molecule has 18 heavy (non-hydrogen) atoms. The van der Waals surface area contributed by atoms with E-state index in [0.29, 0.717) is 0 Å². The number of sulfone groups is 1. The number of carbonyl (C=O) groups excluding carboxylic acids is 1. The molecule has 0 radical (unpaired) electrons. The van der Waals surface area contributed by atoms with Gasteiger partial charge in [-0.1, -0.05) is 38.1 Å². The van der Waals surface area contributed by atoms with Crippen LogP contribution in [0.3, 0.4) is 0 Å². The highest BCUT2D eigenvalue weighted by Crippen LogP contribution is 2.51. The minimum absolute atomic E-state index is 0.103. The Morgan fingerprint density at radius 2 is 1.78 bits per heavy atom. The Balaban J connectivity index is 2.26. The van der Waals surface area contributed by atoms with Gasteiger partial charge in [-0.05, 0) is 17.5 Å². The fourth-order valence-electron chi connectivity index (χ4n) is 2.51. The van der Waals surface area contributed by atoms with Crippen LogP contribution in [0, 0.1) is 5.92 Å². The Morgan fingerprint density at radius 3 is 2.22 bits per heavy atom. The van der Waals surface area contributed by atoms with Gasteiger partial charge in [0.2, 0.25) is 0 Å². The van der Waals surface area contributed by atoms with Crippen LogP contribution in [-0.4, -0.2) is 25.7 Å². The highest BCUT2D eigenvalue weighted by Gasteiger charge is 2.57. The first-order valence-electron chi connectivity index (χ1n) is 6.30. The molecular formula is C14H18O3S. The maximum Gasteiger partial charge on any atom is 0.154 e. The van der Waals surface area contributed by atoms with E-state index < -0.39 is 15.1 Å². The minimum atomic E-state index is -3.13. The van der Waals surface area contributed by atoms with Crippen LogP contribution >= 0.6 is 0 Å². The lowest BCUT2D eigenvalue weighted by Crippen LogP contribution is -2.12. The van der Waals surface area contributed by atoms with E-state index in [1.165, 1.54) is 5.56 Å². The molecule has 0 amide bonds. The normalized spacial score (nSPS) is 26.9. The molecule has 0 aliphatic heterocycles. The van der Waals surface area contributed by atoms with Crippen molar-refractivity contribution in [2.24, 2.45) is 5.92 Å². The zero-order valence-electron chi connectivity index (χ0n) is 10.7. The van der Waals surface area contributed by atoms with Gasteiger partial charge in [0.15, 0.2) is 9.84 Å². The fourth-order valence-corrected chi connectivity index (χ4v) is 4.30. The zero-order chi connectivity index (χ0) is 13.3. The van der Waals surface area contributed by atoms with Crippen LogP contribution < -0.4 is 0 Å². The SMILES string of the molecule is CCc1ccc([C@H]2[C@H](C=O)[C@@H]2S(=O)(=O)CC)cc1. The van der Waals surface area contributed by atoms with Crippen LogP contribution in [0.1, 0.15) is 30.9 Å². The zero-order valence-corrected chi connectivity index (χ0v) is 11.5. The van der Waals surface area contributed by atoms with Crippen LogP contribution in [0.2, 0.25) is 0 Å². The number of carbonyl (C=O) groups is 1. The van der Waals surface area contributed by atoms with Crippen molar-refractivity contribution in [1.82, 2.24) is 0 Å². The van der Waals surface area contributed by atoms with Gasteiger partial charge in [-0.25, -0.2) is 8.42 Å². The number of aldehydes is 1. The standard InChI is InChI=1S/C14H18O3S/c1-3-10-5-7-11(8-6-10)13-12(9-15)14(13)18(16,17)4-2/h5-9,12-14H,3-4H2,1-2H3/t12-,13-,14-/m0/s1. The smallest absolute Gasteiger partial charge is 0.154 e. The van der Waals surface area contributed by atoms with Gasteiger partial charge in [0.1, 0.15) is 6.29 Å². The molecule has 2 rings (SSSR count). The molecular weight excluding hydrogens is 248 g/mol. The quantitative estimate of drug-likeness (QED) is 0.766. The van der Waals surface area contributed by atoms with Crippen molar-refractivity contribution in [3.05, 3.63) is 35.4 Å². The maximum atomic E-state index is 11.9. The van der Waals surface area contributed by atoms with E-state index in [0.717, 1.165) is 18.3 Å². The lowest BCUT2D eigenvalue weighted by atomic mass is 10.1. The molecule has 1 fully saturated rings. The molecule has 0 saturated heterocycles. The number of hydrogen-bond acceptors (Lipinski definition) is 3. The summed E-state index contributed by atoms with van der Waals surface area (Å²) in [4.78, 5) is 11.0. The van der Waals surface area contributed by atoms with Gasteiger partial charge in [0, 0.05) is 17.6 Å². The van der Waals surface area contributed by atoms with Gasteiger partial charge in [0.05, 0.1) is 5.25 Å². The molecule has 0 heterocycles. The molecule has 1 aliphatic rings. The van der Waals surface area contributed by atoms with E-state index in [-0.39, 0.29) is 17.6 Å². The van der Waals surface area contributed by atoms with Crippen LogP contribution in [0.15, 0.2) is 24.3 Å². The van der Waals surface area contributed by atoms with Crippen molar-refractivity contribution in [3.63, 3.8) is 0 Å². The summed E-state index contributed by atoms with van der Waals surface area (Å²) < 4.78 is 23.8. The van der Waals surface area contributed by atoms with Gasteiger partial charge >= 0.3 is 0 Å². The minimum Gasteiger partial charge on any atom is -0.303 e. The molecule has 98 valence electrons. The van der Waals surface area contributed by atoms with Gasteiger partial charge < -0.3 is 4.79 Å². The molecule has 1 aromatic carbocycles. The van der Waals surface area contributed by atoms with E-state index >= 15 is 0 Å². The molecule has 0 spiro atoms. The Morgan fingerprint density at radius 1 is 1.17 bits per heavy atom. The largest absolute Gasteiger partial charge is 0.303 e. The predicted molar refractivity (Wildman–Crippen MR) is 71.4 cm³/mol. The summed E-state index contributed by atoms with van der Waals surface area (Å²) in [6.45, 7) is 3.71. The summed E-state index contributed by atoms with van der Waals surface area (Å²) in [6.07, 6.45) is 1.75. The summed E-state index contributed by atoms with van der Waals surface area (Å²) in [5, 5.41) is -0.507. The third-order valence-corrected chi connectivity index (χ3v) is 6.00. The molecule has 0 bridgehead atoms. The topological polar surface area (TPSA) is 51.2 Å². The van der Waals surface area contributed by atoms with Crippen LogP contribution in [0.4, 0.5) is 0 Å². The molecule has 1 aliphatic carbocycles. The first-order valence-corrected chi connectivity index (χ1v) is 8.02. The molecule has 4 heteroatoms. The average molecular weight is 266 g/mol. The number of benzene rings is 1. The van der Waals surface area contributed by atoms with Gasteiger partial charge in [0.25, 0.3) is 0 Å². The summed E-state index contributed by atoms with van der Waals surface area (Å²) >= 11 is 0. The lowest BCUT2D eigenvalue weighted by Gasteiger charge is -2.02. The third kappa shape index (κ3) is 2.21. The lowest BCUT2D eigenvalue weighted by molar-refractivity contribution is -0.108. The summed E-state index contributed by atoms with van der Waals surface area (Å²) in [5.41, 5.74) is 2.18. The maximum absolute atomic E-state index is 11.9. The van der Waals surface area contributed by atoms with Crippen molar-refractivity contribution in [2.75, 3.05) is 5.75 Å². The second kappa shape index (κ2) is 4.84. The first kappa shape index (κ1) is 13.3. The van der Waals surface area contributed by atoms with E-state index in [4.69, 9.17) is 0 Å². The van der Waals surface area contributed by atoms with Crippen LogP contribution in [0.5, 0.6) is 0 Å². The number of rotatable bonds is 5.